The number of rotatable bonds is 3. The van der Waals surface area contributed by atoms with Gasteiger partial charge in [-0.25, -0.2) is 0 Å². The van der Waals surface area contributed by atoms with E-state index in [-0.39, 0.29) is 19.1 Å². The topological polar surface area (TPSA) is 111 Å². The second-order valence-electron chi connectivity index (χ2n) is 8.12. The highest BCUT2D eigenvalue weighted by molar-refractivity contribution is 5.73. The van der Waals surface area contributed by atoms with Crippen molar-refractivity contribution in [3.8, 4) is 0 Å². The summed E-state index contributed by atoms with van der Waals surface area (Å²) in [6.45, 7) is 9.50. The Kier molecular flexibility index (Phi) is 10.2. The van der Waals surface area contributed by atoms with Gasteiger partial charge in [-0.3, -0.25) is 14.8 Å². The number of aliphatic hydroxyl groups excluding tert-OH is 2. The molecule has 1 aliphatic rings. The number of aromatic nitrogens is 2. The Labute approximate surface area is 179 Å². The standard InChI is InChI=1S/C21H38N4O5/c1-15-18(16(2)23-22-15)12-24-8-5-6-11-30-14-19(27)21(28)20(29-4)13-25(17(3)26)10-7-9-24/h19-21,27-28H,5-14H2,1-4H3,(H,22,23)/t19-,20-,21-/m0/s1. The molecule has 0 aromatic carbocycles. The molecule has 1 amide bonds. The molecule has 0 aliphatic carbocycles. The van der Waals surface area contributed by atoms with E-state index < -0.39 is 18.3 Å². The maximum absolute atomic E-state index is 12.1. The Morgan fingerprint density at radius 1 is 1.23 bits per heavy atom. The summed E-state index contributed by atoms with van der Waals surface area (Å²) in [5.41, 5.74) is 3.32. The van der Waals surface area contributed by atoms with E-state index in [4.69, 9.17) is 9.47 Å². The van der Waals surface area contributed by atoms with Gasteiger partial charge in [0.2, 0.25) is 5.91 Å². The molecular weight excluding hydrogens is 388 g/mol. The molecule has 1 aliphatic heterocycles. The number of H-pyrrole nitrogens is 1. The number of aromatic amines is 1. The quantitative estimate of drug-likeness (QED) is 0.649. The lowest BCUT2D eigenvalue weighted by atomic mass is 10.1. The zero-order valence-electron chi connectivity index (χ0n) is 18.8. The van der Waals surface area contributed by atoms with Crippen molar-refractivity contribution >= 4 is 5.91 Å². The lowest BCUT2D eigenvalue weighted by Gasteiger charge is -2.31. The number of nitrogens with zero attached hydrogens (tertiary/aromatic N) is 3. The molecule has 1 saturated heterocycles. The van der Waals surface area contributed by atoms with Gasteiger partial charge in [0, 0.05) is 58.1 Å². The maximum atomic E-state index is 12.1. The lowest BCUT2D eigenvalue weighted by Crippen LogP contribution is -2.48. The molecule has 3 N–H and O–H groups in total. The minimum Gasteiger partial charge on any atom is -0.388 e. The molecule has 1 aromatic rings. The Morgan fingerprint density at radius 3 is 2.60 bits per heavy atom. The summed E-state index contributed by atoms with van der Waals surface area (Å²) in [4.78, 5) is 16.2. The van der Waals surface area contributed by atoms with Gasteiger partial charge in [0.1, 0.15) is 18.3 Å². The monoisotopic (exact) mass is 426 g/mol. The first-order chi connectivity index (χ1) is 14.3. The zero-order chi connectivity index (χ0) is 22.1. The molecule has 3 atom stereocenters. The Morgan fingerprint density at radius 2 is 1.97 bits per heavy atom. The van der Waals surface area contributed by atoms with Gasteiger partial charge >= 0.3 is 0 Å². The number of aliphatic hydroxyl groups is 2. The number of amides is 1. The molecule has 9 nitrogen and oxygen atoms in total. The van der Waals surface area contributed by atoms with E-state index in [1.807, 2.05) is 13.8 Å². The number of carbonyl (C=O) groups excluding carboxylic acids is 1. The normalized spacial score (nSPS) is 26.2. The summed E-state index contributed by atoms with van der Waals surface area (Å²) in [6, 6.07) is 0. The Hall–Kier alpha value is -1.52. The maximum Gasteiger partial charge on any atom is 0.219 e. The van der Waals surface area contributed by atoms with Gasteiger partial charge in [-0.15, -0.1) is 0 Å². The van der Waals surface area contributed by atoms with Crippen molar-refractivity contribution in [1.82, 2.24) is 20.0 Å². The smallest absolute Gasteiger partial charge is 0.219 e. The van der Waals surface area contributed by atoms with Crippen molar-refractivity contribution in [3.63, 3.8) is 0 Å². The largest absolute Gasteiger partial charge is 0.388 e. The summed E-state index contributed by atoms with van der Waals surface area (Å²) in [5, 5.41) is 28.0. The number of aryl methyl sites for hydroxylation is 2. The molecule has 0 radical (unpaired) electrons. The van der Waals surface area contributed by atoms with Gasteiger partial charge in [-0.2, -0.15) is 5.10 Å². The highest BCUT2D eigenvalue weighted by atomic mass is 16.5. The second-order valence-corrected chi connectivity index (χ2v) is 8.12. The molecule has 30 heavy (non-hydrogen) atoms. The number of methoxy groups -OCH3 is 1. The van der Waals surface area contributed by atoms with Crippen LogP contribution in [0.4, 0.5) is 0 Å². The second kappa shape index (κ2) is 12.4. The van der Waals surface area contributed by atoms with E-state index in [0.717, 1.165) is 50.3 Å². The van der Waals surface area contributed by atoms with E-state index in [1.165, 1.54) is 19.6 Å². The van der Waals surface area contributed by atoms with Crippen molar-refractivity contribution in [2.45, 2.75) is 64.9 Å². The van der Waals surface area contributed by atoms with Crippen molar-refractivity contribution in [2.24, 2.45) is 0 Å². The minimum atomic E-state index is -1.12. The van der Waals surface area contributed by atoms with Gasteiger partial charge in [0.25, 0.3) is 0 Å². The predicted octanol–water partition coefficient (Wildman–Crippen LogP) is 0.614. The third-order valence-corrected chi connectivity index (χ3v) is 5.79. The molecule has 1 aromatic heterocycles. The van der Waals surface area contributed by atoms with Crippen molar-refractivity contribution in [1.29, 1.82) is 0 Å². The first-order valence-corrected chi connectivity index (χ1v) is 10.8. The lowest BCUT2D eigenvalue weighted by molar-refractivity contribution is -0.136. The predicted molar refractivity (Wildman–Crippen MR) is 113 cm³/mol. The van der Waals surface area contributed by atoms with Crippen LogP contribution < -0.4 is 0 Å². The molecule has 0 spiro atoms. The highest BCUT2D eigenvalue weighted by Crippen LogP contribution is 2.15. The van der Waals surface area contributed by atoms with Gasteiger partial charge in [-0.1, -0.05) is 0 Å². The van der Waals surface area contributed by atoms with Crippen molar-refractivity contribution in [3.05, 3.63) is 17.0 Å². The highest BCUT2D eigenvalue weighted by Gasteiger charge is 2.29. The summed E-state index contributed by atoms with van der Waals surface area (Å²) >= 11 is 0. The molecule has 172 valence electrons. The average Bonchev–Trinajstić information content (AvgIpc) is 3.02. The fourth-order valence-electron chi connectivity index (χ4n) is 3.79. The first kappa shape index (κ1) is 24.7. The number of carbonyl (C=O) groups is 1. The minimum absolute atomic E-state index is 0.0399. The van der Waals surface area contributed by atoms with E-state index in [9.17, 15) is 15.0 Å². The van der Waals surface area contributed by atoms with Crippen LogP contribution in [0.5, 0.6) is 0 Å². The van der Waals surface area contributed by atoms with Crippen LogP contribution >= 0.6 is 0 Å². The Bertz CT molecular complexity index is 634. The number of hydrogen-bond donors (Lipinski definition) is 3. The molecule has 2 heterocycles. The molecule has 9 heteroatoms. The summed E-state index contributed by atoms with van der Waals surface area (Å²) in [7, 11) is 1.48. The van der Waals surface area contributed by atoms with Gasteiger partial charge in [0.15, 0.2) is 0 Å². The fourth-order valence-corrected chi connectivity index (χ4v) is 3.79. The average molecular weight is 427 g/mol. The Balaban J connectivity index is 2.08. The van der Waals surface area contributed by atoms with Crippen LogP contribution in [-0.4, -0.2) is 101 Å². The fraction of sp³-hybridized carbons (Fsp3) is 0.810. The van der Waals surface area contributed by atoms with Crippen molar-refractivity contribution < 1.29 is 24.5 Å². The van der Waals surface area contributed by atoms with Crippen LogP contribution in [0.3, 0.4) is 0 Å². The van der Waals surface area contributed by atoms with Crippen LogP contribution in [0, 0.1) is 13.8 Å². The van der Waals surface area contributed by atoms with E-state index in [0.29, 0.717) is 13.2 Å². The first-order valence-electron chi connectivity index (χ1n) is 10.8. The zero-order valence-corrected chi connectivity index (χ0v) is 18.8. The van der Waals surface area contributed by atoms with Crippen molar-refractivity contribution in [2.75, 3.05) is 46.5 Å². The van der Waals surface area contributed by atoms with Gasteiger partial charge < -0.3 is 24.6 Å². The van der Waals surface area contributed by atoms with Gasteiger partial charge in [-0.05, 0) is 39.7 Å². The molecule has 0 unspecified atom stereocenters. The molecule has 2 rings (SSSR count). The van der Waals surface area contributed by atoms with E-state index in [2.05, 4.69) is 15.1 Å². The van der Waals surface area contributed by atoms with Gasteiger partial charge in [0.05, 0.1) is 12.3 Å². The molecule has 1 fully saturated rings. The third kappa shape index (κ3) is 7.31. The number of ether oxygens (including phenoxy) is 2. The summed E-state index contributed by atoms with van der Waals surface area (Å²) in [5.74, 6) is -0.0765. The summed E-state index contributed by atoms with van der Waals surface area (Å²) < 4.78 is 10.9. The summed E-state index contributed by atoms with van der Waals surface area (Å²) in [6.07, 6.45) is -0.212. The molecule has 0 saturated carbocycles. The number of hydrogen-bond acceptors (Lipinski definition) is 7. The molecular formula is C21H38N4O5. The van der Waals surface area contributed by atoms with Crippen LogP contribution in [0.1, 0.15) is 43.1 Å². The SMILES string of the molecule is CO[C@H]1CN(C(C)=O)CCCN(Cc2c(C)n[nH]c2C)CCCCOC[C@H](O)[C@@H]1O. The van der Waals surface area contributed by atoms with Crippen LogP contribution in [0.2, 0.25) is 0 Å². The van der Waals surface area contributed by atoms with Crippen LogP contribution in [0.15, 0.2) is 0 Å². The number of nitrogens with one attached hydrogen (secondary N) is 1. The van der Waals surface area contributed by atoms with E-state index in [1.54, 1.807) is 4.90 Å². The third-order valence-electron chi connectivity index (χ3n) is 5.79. The molecule has 0 bridgehead atoms. The van der Waals surface area contributed by atoms with E-state index >= 15 is 0 Å². The van der Waals surface area contributed by atoms with Crippen LogP contribution in [-0.2, 0) is 20.8 Å². The van der Waals surface area contributed by atoms with Crippen LogP contribution in [0.25, 0.3) is 0 Å².